The van der Waals surface area contributed by atoms with E-state index < -0.39 is 0 Å². The van der Waals surface area contributed by atoms with Crippen LogP contribution in [0.15, 0.2) is 59.0 Å². The highest BCUT2D eigenvalue weighted by molar-refractivity contribution is 5.71. The summed E-state index contributed by atoms with van der Waals surface area (Å²) in [6.45, 7) is 7.66. The van der Waals surface area contributed by atoms with Gasteiger partial charge in [0.25, 0.3) is 0 Å². The minimum Gasteiger partial charge on any atom is -0.493 e. The van der Waals surface area contributed by atoms with E-state index in [0.717, 1.165) is 28.3 Å². The number of hydrogen-bond acceptors (Lipinski definition) is 7. The smallest absolute Gasteiger partial charge is 0.409 e. The van der Waals surface area contributed by atoms with E-state index in [-0.39, 0.29) is 36.2 Å². The van der Waals surface area contributed by atoms with E-state index in [1.165, 1.54) is 7.11 Å². The average molecular weight is 535 g/mol. The maximum Gasteiger partial charge on any atom is 0.409 e. The largest absolute Gasteiger partial charge is 0.493 e. The van der Waals surface area contributed by atoms with Gasteiger partial charge in [0.2, 0.25) is 0 Å². The number of methoxy groups -OCH3 is 1. The molecule has 1 amide bonds. The third kappa shape index (κ3) is 7.85. The van der Waals surface area contributed by atoms with Crippen LogP contribution in [0.2, 0.25) is 0 Å². The normalized spacial score (nSPS) is 16.9. The van der Waals surface area contributed by atoms with Crippen LogP contribution in [0.4, 0.5) is 4.79 Å². The van der Waals surface area contributed by atoms with Gasteiger partial charge < -0.3 is 23.5 Å². The molecule has 0 N–H and O–H groups in total. The molecule has 0 bridgehead atoms. The standard InChI is InChI=1S/C31H38N2O6/c1-21(2)20-38-31(35)33-18-25(17-30(34)36-4)27(19-33)24-11-8-12-26(16-24)37-14-13-28-22(3)39-29(32-28)15-23-9-6-5-7-10-23/h5-12,16,21,25,27H,13-15,17-20H2,1-4H3/t25-,27-/m0/s1. The Balaban J connectivity index is 1.38. The first-order chi connectivity index (χ1) is 18.8. The molecular formula is C31H38N2O6. The quantitative estimate of drug-likeness (QED) is 0.297. The van der Waals surface area contributed by atoms with Gasteiger partial charge in [0.15, 0.2) is 5.89 Å². The Labute approximate surface area is 230 Å². The van der Waals surface area contributed by atoms with Gasteiger partial charge in [-0.2, -0.15) is 0 Å². The van der Waals surface area contributed by atoms with Crippen molar-refractivity contribution in [2.24, 2.45) is 11.8 Å². The number of hydrogen-bond donors (Lipinski definition) is 0. The molecule has 208 valence electrons. The van der Waals surface area contributed by atoms with Gasteiger partial charge in [-0.15, -0.1) is 0 Å². The van der Waals surface area contributed by atoms with Crippen molar-refractivity contribution in [3.8, 4) is 5.75 Å². The average Bonchev–Trinajstić information content (AvgIpc) is 3.50. The third-order valence-corrected chi connectivity index (χ3v) is 6.92. The lowest BCUT2D eigenvalue weighted by atomic mass is 9.87. The predicted octanol–water partition coefficient (Wildman–Crippen LogP) is 5.57. The van der Waals surface area contributed by atoms with E-state index in [1.807, 2.05) is 63.2 Å². The first-order valence-electron chi connectivity index (χ1n) is 13.5. The van der Waals surface area contributed by atoms with E-state index in [1.54, 1.807) is 4.90 Å². The molecule has 2 heterocycles. The summed E-state index contributed by atoms with van der Waals surface area (Å²) in [6, 6.07) is 18.0. The number of rotatable bonds is 11. The monoisotopic (exact) mass is 534 g/mol. The molecule has 1 aliphatic rings. The Bertz CT molecular complexity index is 1240. The van der Waals surface area contributed by atoms with Crippen LogP contribution < -0.4 is 4.74 Å². The van der Waals surface area contributed by atoms with E-state index in [9.17, 15) is 9.59 Å². The topological polar surface area (TPSA) is 91.1 Å². The van der Waals surface area contributed by atoms with Gasteiger partial charge in [-0.3, -0.25) is 4.79 Å². The third-order valence-electron chi connectivity index (χ3n) is 6.92. The molecule has 4 rings (SSSR count). The summed E-state index contributed by atoms with van der Waals surface area (Å²) >= 11 is 0. The minimum atomic E-state index is -0.344. The number of benzene rings is 2. The Morgan fingerprint density at radius 2 is 1.90 bits per heavy atom. The lowest BCUT2D eigenvalue weighted by Gasteiger charge is -2.18. The molecule has 3 aromatic rings. The second-order valence-electron chi connectivity index (χ2n) is 10.5. The lowest BCUT2D eigenvalue weighted by molar-refractivity contribution is -0.141. The number of likely N-dealkylation sites (tertiary alicyclic amines) is 1. The van der Waals surface area contributed by atoms with Crippen LogP contribution in [0, 0.1) is 18.8 Å². The molecule has 8 nitrogen and oxygen atoms in total. The van der Waals surface area contributed by atoms with Crippen molar-refractivity contribution in [2.45, 2.75) is 46.0 Å². The number of oxazole rings is 1. The van der Waals surface area contributed by atoms with E-state index in [0.29, 0.717) is 45.0 Å². The molecule has 39 heavy (non-hydrogen) atoms. The Morgan fingerprint density at radius 3 is 2.64 bits per heavy atom. The fourth-order valence-corrected chi connectivity index (χ4v) is 4.90. The number of ether oxygens (including phenoxy) is 3. The van der Waals surface area contributed by atoms with Gasteiger partial charge in [0, 0.05) is 31.8 Å². The van der Waals surface area contributed by atoms with Crippen molar-refractivity contribution in [2.75, 3.05) is 33.4 Å². The molecule has 2 atom stereocenters. The first-order valence-corrected chi connectivity index (χ1v) is 13.5. The van der Waals surface area contributed by atoms with Crippen LogP contribution in [-0.4, -0.2) is 55.4 Å². The van der Waals surface area contributed by atoms with Crippen molar-refractivity contribution in [3.05, 3.63) is 83.1 Å². The van der Waals surface area contributed by atoms with Crippen molar-refractivity contribution in [1.29, 1.82) is 0 Å². The molecule has 0 unspecified atom stereocenters. The molecule has 1 aliphatic heterocycles. The summed E-state index contributed by atoms with van der Waals surface area (Å²) < 4.78 is 22.3. The summed E-state index contributed by atoms with van der Waals surface area (Å²) in [4.78, 5) is 31.1. The fraction of sp³-hybridized carbons (Fsp3) is 0.452. The lowest BCUT2D eigenvalue weighted by Crippen LogP contribution is -2.30. The van der Waals surface area contributed by atoms with Gasteiger partial charge in [-0.25, -0.2) is 9.78 Å². The number of nitrogens with zero attached hydrogens (tertiary/aromatic N) is 2. The van der Waals surface area contributed by atoms with Crippen LogP contribution in [-0.2, 0) is 27.1 Å². The number of esters is 1. The molecule has 8 heteroatoms. The van der Waals surface area contributed by atoms with Crippen LogP contribution in [0.3, 0.4) is 0 Å². The Hall–Kier alpha value is -3.81. The van der Waals surface area contributed by atoms with Gasteiger partial charge in [0.1, 0.15) is 11.5 Å². The first kappa shape index (κ1) is 28.2. The SMILES string of the molecule is COC(=O)C[C@H]1CN(C(=O)OCC(C)C)C[C@H]1c1cccc(OCCc2nc(Cc3ccccc3)oc2C)c1. The number of carbonyl (C=O) groups is 2. The molecule has 1 fully saturated rings. The molecule has 0 spiro atoms. The van der Waals surface area contributed by atoms with E-state index in [2.05, 4.69) is 17.1 Å². The van der Waals surface area contributed by atoms with Crippen LogP contribution in [0.5, 0.6) is 5.75 Å². The number of amides is 1. The second-order valence-corrected chi connectivity index (χ2v) is 10.5. The summed E-state index contributed by atoms with van der Waals surface area (Å²) in [6.07, 6.45) is 1.17. The highest BCUT2D eigenvalue weighted by Gasteiger charge is 2.38. The van der Waals surface area contributed by atoms with Crippen LogP contribution >= 0.6 is 0 Å². The number of carbonyl (C=O) groups excluding carboxylic acids is 2. The van der Waals surface area contributed by atoms with Crippen LogP contribution in [0.25, 0.3) is 0 Å². The van der Waals surface area contributed by atoms with Gasteiger partial charge >= 0.3 is 12.1 Å². The predicted molar refractivity (Wildman–Crippen MR) is 147 cm³/mol. The van der Waals surface area contributed by atoms with Crippen molar-refractivity contribution in [3.63, 3.8) is 0 Å². The van der Waals surface area contributed by atoms with Crippen LogP contribution in [0.1, 0.15) is 54.7 Å². The highest BCUT2D eigenvalue weighted by atomic mass is 16.6. The van der Waals surface area contributed by atoms with Crippen molar-refractivity contribution >= 4 is 12.1 Å². The summed E-state index contributed by atoms with van der Waals surface area (Å²) in [5.74, 6) is 2.10. The zero-order chi connectivity index (χ0) is 27.8. The van der Waals surface area contributed by atoms with Crippen molar-refractivity contribution in [1.82, 2.24) is 9.88 Å². The highest BCUT2D eigenvalue weighted by Crippen LogP contribution is 2.36. The molecule has 1 aromatic heterocycles. The Kier molecular flexibility index (Phi) is 9.63. The van der Waals surface area contributed by atoms with Crippen molar-refractivity contribution < 1.29 is 28.2 Å². The fourth-order valence-electron chi connectivity index (χ4n) is 4.90. The molecule has 0 saturated carbocycles. The molecular weight excluding hydrogens is 496 g/mol. The van der Waals surface area contributed by atoms with Gasteiger partial charge in [0.05, 0.1) is 32.4 Å². The summed E-state index contributed by atoms with van der Waals surface area (Å²) in [7, 11) is 1.39. The minimum absolute atomic E-state index is 0.0300. The zero-order valence-corrected chi connectivity index (χ0v) is 23.2. The summed E-state index contributed by atoms with van der Waals surface area (Å²) in [5, 5.41) is 0. The van der Waals surface area contributed by atoms with E-state index in [4.69, 9.17) is 18.6 Å². The molecule has 0 aliphatic carbocycles. The van der Waals surface area contributed by atoms with Gasteiger partial charge in [-0.05, 0) is 42.0 Å². The molecule has 2 aromatic carbocycles. The number of aryl methyl sites for hydroxylation is 1. The van der Waals surface area contributed by atoms with E-state index >= 15 is 0 Å². The molecule has 0 radical (unpaired) electrons. The summed E-state index contributed by atoms with van der Waals surface area (Å²) in [5.41, 5.74) is 3.06. The maximum atomic E-state index is 12.7. The molecule has 1 saturated heterocycles. The second kappa shape index (κ2) is 13.3. The number of aromatic nitrogens is 1. The maximum absolute atomic E-state index is 12.7. The van der Waals surface area contributed by atoms with Gasteiger partial charge in [-0.1, -0.05) is 56.3 Å². The Morgan fingerprint density at radius 1 is 1.10 bits per heavy atom. The zero-order valence-electron chi connectivity index (χ0n) is 23.2.